The van der Waals surface area contributed by atoms with Crippen LogP contribution in [0.15, 0.2) is 64.7 Å². The van der Waals surface area contributed by atoms with Crippen LogP contribution in [0.5, 0.6) is 5.75 Å². The number of hydrogen-bond donors (Lipinski definition) is 2. The average Bonchev–Trinajstić information content (AvgIpc) is 3.16. The van der Waals surface area contributed by atoms with Crippen molar-refractivity contribution in [2.24, 2.45) is 0 Å². The molecule has 0 saturated carbocycles. The predicted octanol–water partition coefficient (Wildman–Crippen LogP) is 4.80. The molecule has 0 bridgehead atoms. The van der Waals surface area contributed by atoms with Crippen molar-refractivity contribution in [1.82, 2.24) is 14.8 Å². The maximum atomic E-state index is 12.5. The zero-order chi connectivity index (χ0) is 23.8. The van der Waals surface area contributed by atoms with Gasteiger partial charge in [-0.2, -0.15) is 0 Å². The summed E-state index contributed by atoms with van der Waals surface area (Å²) in [6, 6.07) is 12.2. The molecule has 1 heterocycles. The lowest BCUT2D eigenvalue weighted by molar-refractivity contribution is -0.116. The maximum Gasteiger partial charge on any atom is 0.234 e. The first-order valence-corrected chi connectivity index (χ1v) is 11.9. The smallest absolute Gasteiger partial charge is 0.234 e. The van der Waals surface area contributed by atoms with E-state index >= 15 is 0 Å². The molecular formula is C22H21BrClN5O3S. The van der Waals surface area contributed by atoms with Crippen molar-refractivity contribution in [3.05, 3.63) is 70.4 Å². The number of allylic oxidation sites excluding steroid dienone is 1. The highest BCUT2D eigenvalue weighted by atomic mass is 79.9. The predicted molar refractivity (Wildman–Crippen MR) is 134 cm³/mol. The molecule has 0 atom stereocenters. The van der Waals surface area contributed by atoms with Crippen molar-refractivity contribution in [1.29, 1.82) is 0 Å². The molecule has 0 spiro atoms. The fraction of sp³-hybridized carbons (Fsp3) is 0.182. The highest BCUT2D eigenvalue weighted by Gasteiger charge is 2.16. The zero-order valence-corrected chi connectivity index (χ0v) is 20.8. The van der Waals surface area contributed by atoms with E-state index in [1.807, 2.05) is 0 Å². The molecule has 0 radical (unpaired) electrons. The summed E-state index contributed by atoms with van der Waals surface area (Å²) >= 11 is 10.6. The van der Waals surface area contributed by atoms with Gasteiger partial charge >= 0.3 is 0 Å². The van der Waals surface area contributed by atoms with E-state index in [1.54, 1.807) is 60.2 Å². The summed E-state index contributed by atoms with van der Waals surface area (Å²) in [7, 11) is 1.58. The summed E-state index contributed by atoms with van der Waals surface area (Å²) < 4.78 is 7.62. The molecule has 0 aliphatic heterocycles. The number of anilines is 2. The molecule has 2 amide bonds. The Labute approximate surface area is 208 Å². The summed E-state index contributed by atoms with van der Waals surface area (Å²) in [6.07, 6.45) is 1.71. The number of thioether (sulfide) groups is 1. The van der Waals surface area contributed by atoms with Crippen molar-refractivity contribution in [3.63, 3.8) is 0 Å². The number of carbonyl (C=O) groups excluding carboxylic acids is 2. The van der Waals surface area contributed by atoms with E-state index < -0.39 is 0 Å². The van der Waals surface area contributed by atoms with Crippen LogP contribution >= 0.6 is 39.3 Å². The van der Waals surface area contributed by atoms with E-state index in [1.165, 1.54) is 11.8 Å². The molecule has 8 nitrogen and oxygen atoms in total. The second kappa shape index (κ2) is 11.9. The molecule has 172 valence electrons. The van der Waals surface area contributed by atoms with Gasteiger partial charge in [0.1, 0.15) is 11.6 Å². The molecule has 1 aromatic heterocycles. The number of aromatic nitrogens is 3. The Morgan fingerprint density at radius 3 is 2.52 bits per heavy atom. The van der Waals surface area contributed by atoms with Gasteiger partial charge in [0.25, 0.3) is 0 Å². The largest absolute Gasteiger partial charge is 0.497 e. The Bertz CT molecular complexity index is 1150. The first-order chi connectivity index (χ1) is 15.9. The summed E-state index contributed by atoms with van der Waals surface area (Å²) in [6.45, 7) is 4.16. The molecule has 3 rings (SSSR count). The number of rotatable bonds is 10. The summed E-state index contributed by atoms with van der Waals surface area (Å²) in [5.74, 6) is 0.835. The Morgan fingerprint density at radius 2 is 1.85 bits per heavy atom. The topological polar surface area (TPSA) is 98.1 Å². The van der Waals surface area contributed by atoms with Gasteiger partial charge in [-0.1, -0.05) is 29.4 Å². The quantitative estimate of drug-likeness (QED) is 0.278. The molecule has 0 unspecified atom stereocenters. The fourth-order valence-corrected chi connectivity index (χ4v) is 3.99. The van der Waals surface area contributed by atoms with E-state index in [4.69, 9.17) is 16.3 Å². The van der Waals surface area contributed by atoms with Crippen LogP contribution < -0.4 is 15.4 Å². The van der Waals surface area contributed by atoms with E-state index in [9.17, 15) is 9.59 Å². The van der Waals surface area contributed by atoms with Crippen LogP contribution in [0.2, 0.25) is 5.02 Å². The third kappa shape index (κ3) is 7.08. The van der Waals surface area contributed by atoms with Crippen LogP contribution in [0.25, 0.3) is 0 Å². The second-order valence-corrected chi connectivity index (χ2v) is 8.92. The molecular weight excluding hydrogens is 530 g/mol. The van der Waals surface area contributed by atoms with Gasteiger partial charge in [-0.05, 0) is 58.4 Å². The molecule has 0 fully saturated rings. The van der Waals surface area contributed by atoms with Gasteiger partial charge in [-0.3, -0.25) is 9.59 Å². The Balaban J connectivity index is 1.60. The van der Waals surface area contributed by atoms with Gasteiger partial charge in [0.05, 0.1) is 24.3 Å². The van der Waals surface area contributed by atoms with Crippen molar-refractivity contribution in [2.45, 2.75) is 18.1 Å². The maximum absolute atomic E-state index is 12.5. The molecule has 2 N–H and O–H groups in total. The second-order valence-electron chi connectivity index (χ2n) is 6.72. The number of nitrogens with zero attached hydrogens (tertiary/aromatic N) is 3. The fourth-order valence-electron chi connectivity index (χ4n) is 2.79. The van der Waals surface area contributed by atoms with Crippen molar-refractivity contribution in [3.8, 4) is 5.75 Å². The minimum Gasteiger partial charge on any atom is -0.497 e. The summed E-state index contributed by atoms with van der Waals surface area (Å²) in [4.78, 5) is 24.8. The van der Waals surface area contributed by atoms with Crippen molar-refractivity contribution in [2.75, 3.05) is 23.5 Å². The van der Waals surface area contributed by atoms with Crippen LogP contribution in [0.4, 0.5) is 11.4 Å². The molecule has 11 heteroatoms. The lowest BCUT2D eigenvalue weighted by Crippen LogP contribution is -2.18. The normalized spacial score (nSPS) is 10.5. The van der Waals surface area contributed by atoms with Crippen LogP contribution in [0, 0.1) is 0 Å². The van der Waals surface area contributed by atoms with Crippen molar-refractivity contribution >= 4 is 62.5 Å². The van der Waals surface area contributed by atoms with E-state index in [2.05, 4.69) is 43.3 Å². The molecule has 0 aliphatic carbocycles. The van der Waals surface area contributed by atoms with Crippen LogP contribution in [-0.2, 0) is 22.6 Å². The Kier molecular flexibility index (Phi) is 8.93. The molecule has 0 aliphatic rings. The third-order valence-electron chi connectivity index (χ3n) is 4.33. The highest BCUT2D eigenvalue weighted by molar-refractivity contribution is 9.10. The first kappa shape index (κ1) is 24.8. The SMILES string of the molecule is C=CCn1c(CC(=O)Nc2ccc(OC)cc2)nnc1SCC(=O)Nc1ccc(Br)c(Cl)c1. The van der Waals surface area contributed by atoms with Crippen LogP contribution in [0.3, 0.4) is 0 Å². The first-order valence-electron chi connectivity index (χ1n) is 9.74. The Hall–Kier alpha value is -2.82. The van der Waals surface area contributed by atoms with Crippen LogP contribution in [0.1, 0.15) is 5.82 Å². The number of nitrogens with one attached hydrogen (secondary N) is 2. The summed E-state index contributed by atoms with van der Waals surface area (Å²) in [5, 5.41) is 14.9. The number of methoxy groups -OCH3 is 1. The number of halogens is 2. The monoisotopic (exact) mass is 549 g/mol. The minimum atomic E-state index is -0.237. The number of amides is 2. The van der Waals surface area contributed by atoms with Gasteiger partial charge < -0.3 is 19.9 Å². The molecule has 33 heavy (non-hydrogen) atoms. The van der Waals surface area contributed by atoms with E-state index in [-0.39, 0.29) is 24.0 Å². The van der Waals surface area contributed by atoms with Gasteiger partial charge in [0, 0.05) is 22.4 Å². The standard InChI is InChI=1S/C22H21BrClN5O3S/c1-3-10-29-19(12-20(30)25-14-4-7-16(32-2)8-5-14)27-28-22(29)33-13-21(31)26-15-6-9-17(23)18(24)11-15/h3-9,11H,1,10,12-13H2,2H3,(H,25,30)(H,26,31). The van der Waals surface area contributed by atoms with E-state index in [0.717, 1.165) is 4.47 Å². The van der Waals surface area contributed by atoms with Crippen molar-refractivity contribution < 1.29 is 14.3 Å². The van der Waals surface area contributed by atoms with Crippen LogP contribution in [-0.4, -0.2) is 39.4 Å². The number of ether oxygens (including phenoxy) is 1. The minimum absolute atomic E-state index is 0.0248. The number of hydrogen-bond acceptors (Lipinski definition) is 6. The van der Waals surface area contributed by atoms with Gasteiger partial charge in [0.15, 0.2) is 5.16 Å². The lowest BCUT2D eigenvalue weighted by atomic mass is 10.3. The lowest BCUT2D eigenvalue weighted by Gasteiger charge is -2.09. The zero-order valence-electron chi connectivity index (χ0n) is 17.7. The van der Waals surface area contributed by atoms with Gasteiger partial charge in [0.2, 0.25) is 11.8 Å². The van der Waals surface area contributed by atoms with E-state index in [0.29, 0.717) is 39.7 Å². The molecule has 0 saturated heterocycles. The molecule has 3 aromatic rings. The highest BCUT2D eigenvalue weighted by Crippen LogP contribution is 2.26. The van der Waals surface area contributed by atoms with Gasteiger partial charge in [-0.25, -0.2) is 0 Å². The number of benzene rings is 2. The third-order valence-corrected chi connectivity index (χ3v) is 6.53. The molecule has 2 aromatic carbocycles. The van der Waals surface area contributed by atoms with Gasteiger partial charge in [-0.15, -0.1) is 16.8 Å². The number of carbonyl (C=O) groups is 2. The average molecular weight is 551 g/mol. The summed E-state index contributed by atoms with van der Waals surface area (Å²) in [5.41, 5.74) is 1.24. The Morgan fingerprint density at radius 1 is 1.15 bits per heavy atom.